The quantitative estimate of drug-likeness (QED) is 0.641. The molecule has 0 bridgehead atoms. The van der Waals surface area contributed by atoms with E-state index in [0.29, 0.717) is 18.8 Å². The predicted molar refractivity (Wildman–Crippen MR) is 56.7 cm³/mol. The second kappa shape index (κ2) is 8.08. The molecule has 0 saturated heterocycles. The molecule has 0 amide bonds. The number of carboxylic acid groups (broad SMARTS) is 1. The number of hydrogen-bond donors (Lipinski definition) is 2. The van der Waals surface area contributed by atoms with Crippen LogP contribution in [0.15, 0.2) is 0 Å². The Labute approximate surface area is 88.6 Å². The van der Waals surface area contributed by atoms with Crippen molar-refractivity contribution in [3.8, 4) is 0 Å². The molecule has 2 unspecified atom stereocenters. The van der Waals surface area contributed by atoms with E-state index in [4.69, 9.17) is 14.9 Å². The molecule has 5 heteroatoms. The molecule has 0 rings (SSSR count). The summed E-state index contributed by atoms with van der Waals surface area (Å²) in [7, 11) is 0. The lowest BCUT2D eigenvalue weighted by Crippen LogP contribution is -2.27. The van der Waals surface area contributed by atoms with E-state index in [9.17, 15) is 4.79 Å². The molecular formula is C9H18O4S. The fourth-order valence-corrected chi connectivity index (χ4v) is 1.92. The molecule has 0 saturated carbocycles. The van der Waals surface area contributed by atoms with Gasteiger partial charge in [-0.25, -0.2) is 4.79 Å². The summed E-state index contributed by atoms with van der Waals surface area (Å²) in [6, 6.07) is 0. The minimum absolute atomic E-state index is 0.139. The second-order valence-corrected chi connectivity index (χ2v) is 4.41. The molecule has 2 atom stereocenters. The van der Waals surface area contributed by atoms with E-state index in [1.807, 2.05) is 6.92 Å². The van der Waals surface area contributed by atoms with Crippen molar-refractivity contribution in [3.63, 3.8) is 0 Å². The fraction of sp³-hybridized carbons (Fsp3) is 0.889. The number of aliphatic hydroxyl groups excluding tert-OH is 1. The fourth-order valence-electron chi connectivity index (χ4n) is 0.909. The van der Waals surface area contributed by atoms with Crippen LogP contribution in [0.5, 0.6) is 0 Å². The van der Waals surface area contributed by atoms with Crippen LogP contribution < -0.4 is 0 Å². The van der Waals surface area contributed by atoms with Crippen LogP contribution in [0.25, 0.3) is 0 Å². The molecule has 84 valence electrons. The molecular weight excluding hydrogens is 204 g/mol. The van der Waals surface area contributed by atoms with Crippen molar-refractivity contribution in [2.24, 2.45) is 0 Å². The molecule has 0 aromatic carbocycles. The first kappa shape index (κ1) is 13.7. The number of carbonyl (C=O) groups is 1. The maximum atomic E-state index is 10.7. The van der Waals surface area contributed by atoms with Gasteiger partial charge in [-0.3, -0.25) is 0 Å². The third-order valence-corrected chi connectivity index (χ3v) is 3.01. The molecule has 0 radical (unpaired) electrons. The summed E-state index contributed by atoms with van der Waals surface area (Å²) in [5.74, 6) is -0.486. The van der Waals surface area contributed by atoms with Crippen LogP contribution in [0.4, 0.5) is 0 Å². The van der Waals surface area contributed by atoms with Crippen molar-refractivity contribution in [2.75, 3.05) is 19.0 Å². The monoisotopic (exact) mass is 222 g/mol. The largest absolute Gasteiger partial charge is 0.479 e. The summed E-state index contributed by atoms with van der Waals surface area (Å²) in [4.78, 5) is 10.7. The van der Waals surface area contributed by atoms with Gasteiger partial charge in [0.2, 0.25) is 0 Å². The van der Waals surface area contributed by atoms with E-state index in [1.54, 1.807) is 6.92 Å². The SMILES string of the molecule is CCOC(CSC(C)CCO)C(=O)O. The van der Waals surface area contributed by atoms with Crippen LogP contribution >= 0.6 is 11.8 Å². The summed E-state index contributed by atoms with van der Waals surface area (Å²) in [6.07, 6.45) is -0.0468. The number of thioether (sulfide) groups is 1. The Morgan fingerprint density at radius 3 is 2.64 bits per heavy atom. The highest BCUT2D eigenvalue weighted by Crippen LogP contribution is 2.16. The Bertz CT molecular complexity index is 163. The Hall–Kier alpha value is -0.260. The first-order valence-corrected chi connectivity index (χ1v) is 5.73. The number of hydrogen-bond acceptors (Lipinski definition) is 4. The van der Waals surface area contributed by atoms with Gasteiger partial charge in [0.1, 0.15) is 0 Å². The highest BCUT2D eigenvalue weighted by Gasteiger charge is 2.18. The average Bonchev–Trinajstić information content (AvgIpc) is 2.12. The Balaban J connectivity index is 3.75. The van der Waals surface area contributed by atoms with Gasteiger partial charge < -0.3 is 14.9 Å². The van der Waals surface area contributed by atoms with E-state index in [0.717, 1.165) is 0 Å². The minimum atomic E-state index is -0.921. The molecule has 4 nitrogen and oxygen atoms in total. The lowest BCUT2D eigenvalue weighted by Gasteiger charge is -2.14. The highest BCUT2D eigenvalue weighted by molar-refractivity contribution is 7.99. The lowest BCUT2D eigenvalue weighted by atomic mass is 10.3. The molecule has 0 fully saturated rings. The molecule has 0 aliphatic carbocycles. The van der Waals surface area contributed by atoms with E-state index in [-0.39, 0.29) is 11.9 Å². The van der Waals surface area contributed by atoms with Gasteiger partial charge in [0.05, 0.1) is 0 Å². The molecule has 0 aliphatic rings. The van der Waals surface area contributed by atoms with E-state index in [2.05, 4.69) is 0 Å². The topological polar surface area (TPSA) is 66.8 Å². The van der Waals surface area contributed by atoms with Crippen LogP contribution in [-0.2, 0) is 9.53 Å². The number of ether oxygens (including phenoxy) is 1. The van der Waals surface area contributed by atoms with Crippen LogP contribution in [-0.4, -0.2) is 46.5 Å². The number of rotatable bonds is 8. The van der Waals surface area contributed by atoms with Gasteiger partial charge in [0.15, 0.2) is 6.10 Å². The van der Waals surface area contributed by atoms with E-state index < -0.39 is 12.1 Å². The summed E-state index contributed by atoms with van der Waals surface area (Å²) in [5.41, 5.74) is 0. The second-order valence-electron chi connectivity index (χ2n) is 2.94. The third-order valence-electron chi connectivity index (χ3n) is 1.71. The highest BCUT2D eigenvalue weighted by atomic mass is 32.2. The first-order chi connectivity index (χ1) is 6.61. The smallest absolute Gasteiger partial charge is 0.333 e. The number of aliphatic hydroxyl groups is 1. The van der Waals surface area contributed by atoms with Crippen molar-refractivity contribution in [3.05, 3.63) is 0 Å². The maximum absolute atomic E-state index is 10.7. The van der Waals surface area contributed by atoms with Gasteiger partial charge in [-0.15, -0.1) is 0 Å². The zero-order chi connectivity index (χ0) is 11.0. The van der Waals surface area contributed by atoms with Crippen molar-refractivity contribution in [1.82, 2.24) is 0 Å². The van der Waals surface area contributed by atoms with E-state index >= 15 is 0 Å². The zero-order valence-corrected chi connectivity index (χ0v) is 9.42. The van der Waals surface area contributed by atoms with Crippen LogP contribution in [0.3, 0.4) is 0 Å². The number of aliphatic carboxylic acids is 1. The Morgan fingerprint density at radius 2 is 2.21 bits per heavy atom. The van der Waals surface area contributed by atoms with Crippen LogP contribution in [0, 0.1) is 0 Å². The molecule has 2 N–H and O–H groups in total. The van der Waals surface area contributed by atoms with Gasteiger partial charge in [-0.2, -0.15) is 11.8 Å². The Morgan fingerprint density at radius 1 is 1.57 bits per heavy atom. The van der Waals surface area contributed by atoms with E-state index in [1.165, 1.54) is 11.8 Å². The third kappa shape index (κ3) is 6.23. The summed E-state index contributed by atoms with van der Waals surface area (Å²) >= 11 is 1.51. The molecule has 0 heterocycles. The van der Waals surface area contributed by atoms with Gasteiger partial charge in [-0.1, -0.05) is 6.92 Å². The molecule has 0 aliphatic heterocycles. The summed E-state index contributed by atoms with van der Waals surface area (Å²) in [6.45, 7) is 4.29. The summed E-state index contributed by atoms with van der Waals surface area (Å²) < 4.78 is 5.05. The standard InChI is InChI=1S/C9H18O4S/c1-3-13-8(9(11)12)6-14-7(2)4-5-10/h7-8,10H,3-6H2,1-2H3,(H,11,12). The van der Waals surface area contributed by atoms with Crippen LogP contribution in [0.1, 0.15) is 20.3 Å². The van der Waals surface area contributed by atoms with Crippen molar-refractivity contribution in [1.29, 1.82) is 0 Å². The van der Waals surface area contributed by atoms with Crippen molar-refractivity contribution >= 4 is 17.7 Å². The molecule has 0 aromatic rings. The predicted octanol–water partition coefficient (Wildman–Crippen LogP) is 0.980. The van der Waals surface area contributed by atoms with Crippen molar-refractivity contribution in [2.45, 2.75) is 31.6 Å². The number of carboxylic acids is 1. The molecule has 14 heavy (non-hydrogen) atoms. The maximum Gasteiger partial charge on any atom is 0.333 e. The van der Waals surface area contributed by atoms with Crippen LogP contribution in [0.2, 0.25) is 0 Å². The van der Waals surface area contributed by atoms with Gasteiger partial charge in [-0.05, 0) is 13.3 Å². The normalized spacial score (nSPS) is 15.1. The van der Waals surface area contributed by atoms with Gasteiger partial charge in [0.25, 0.3) is 0 Å². The van der Waals surface area contributed by atoms with Crippen molar-refractivity contribution < 1.29 is 19.7 Å². The minimum Gasteiger partial charge on any atom is -0.479 e. The molecule has 0 spiro atoms. The van der Waals surface area contributed by atoms with Gasteiger partial charge >= 0.3 is 5.97 Å². The van der Waals surface area contributed by atoms with Gasteiger partial charge in [0, 0.05) is 24.2 Å². The lowest BCUT2D eigenvalue weighted by molar-refractivity contribution is -0.148. The molecule has 0 aromatic heterocycles. The first-order valence-electron chi connectivity index (χ1n) is 4.68. The Kier molecular flexibility index (Phi) is 7.93. The summed E-state index contributed by atoms with van der Waals surface area (Å²) in [5, 5.41) is 17.7. The average molecular weight is 222 g/mol. The zero-order valence-electron chi connectivity index (χ0n) is 8.60.